The molecule has 2 amide bonds. The summed E-state index contributed by atoms with van der Waals surface area (Å²) in [7, 11) is 0. The van der Waals surface area contributed by atoms with Crippen LogP contribution >= 0.6 is 0 Å². The first kappa shape index (κ1) is 65.4. The molecule has 7 aliphatic heterocycles. The SMILES string of the molecule is C1CCOC1.CCOC(=O)C(C1CCN(C(=O)OC(C)(C)C)CC1)N1CCC(=O)CC1.CCOC(=O)C(C1CCN(C(=O)OC(C)(C)C)CC1)N1CCC(O)(c2ccc3c(c2)OCO3)CC1.[Br-].[Mg+2].[c-]1ccc2c(c1)OCO2. The van der Waals surface area contributed by atoms with E-state index in [-0.39, 0.29) is 94.6 Å². The average Bonchev–Trinajstić information content (AvgIpc) is 4.21. The van der Waals surface area contributed by atoms with Crippen molar-refractivity contribution in [2.75, 3.05) is 92.4 Å². The average molecular weight is 1160 g/mol. The van der Waals surface area contributed by atoms with Crippen LogP contribution in [0.1, 0.15) is 125 Å². The Morgan fingerprint density at radius 3 is 1.53 bits per heavy atom. The summed E-state index contributed by atoms with van der Waals surface area (Å²) >= 11 is 0. The molecule has 2 aromatic carbocycles. The van der Waals surface area contributed by atoms with Gasteiger partial charge < -0.3 is 74.5 Å². The molecule has 7 heterocycles. The molecule has 9 rings (SSSR count). The van der Waals surface area contributed by atoms with E-state index in [1.54, 1.807) is 28.9 Å². The van der Waals surface area contributed by atoms with Crippen molar-refractivity contribution in [3.05, 3.63) is 48.0 Å². The summed E-state index contributed by atoms with van der Waals surface area (Å²) in [6.45, 7) is 22.5. The number of esters is 2. The number of halogens is 1. The van der Waals surface area contributed by atoms with E-state index >= 15 is 0 Å². The van der Waals surface area contributed by atoms with E-state index in [9.17, 15) is 29.1 Å². The van der Waals surface area contributed by atoms with Gasteiger partial charge in [-0.15, -0.1) is 12.1 Å². The third-order valence-corrected chi connectivity index (χ3v) is 14.1. The summed E-state index contributed by atoms with van der Waals surface area (Å²) in [6, 6.07) is 13.1. The number of nitrogens with zero attached hydrogens (tertiary/aromatic N) is 4. The predicted octanol–water partition coefficient (Wildman–Crippen LogP) is 4.14. The van der Waals surface area contributed by atoms with Crippen molar-refractivity contribution < 1.29 is 88.7 Å². The van der Waals surface area contributed by atoms with Crippen molar-refractivity contribution >= 4 is 53.0 Å². The van der Waals surface area contributed by atoms with Gasteiger partial charge in [-0.1, -0.05) is 6.07 Å². The van der Waals surface area contributed by atoms with Crippen LogP contribution in [0.15, 0.2) is 36.4 Å². The predicted molar refractivity (Wildman–Crippen MR) is 282 cm³/mol. The number of benzene rings is 2. The second-order valence-electron chi connectivity index (χ2n) is 21.8. The summed E-state index contributed by atoms with van der Waals surface area (Å²) in [5, 5.41) is 11.4. The first-order chi connectivity index (χ1) is 35.8. The van der Waals surface area contributed by atoms with Gasteiger partial charge in [-0.05, 0) is 136 Å². The Kier molecular flexibility index (Phi) is 26.4. The molecule has 7 aliphatic rings. The molecule has 2 unspecified atom stereocenters. The van der Waals surface area contributed by atoms with Crippen LogP contribution in [-0.4, -0.2) is 193 Å². The molecule has 5 saturated heterocycles. The van der Waals surface area contributed by atoms with Gasteiger partial charge in [0.1, 0.15) is 29.1 Å². The van der Waals surface area contributed by atoms with Crippen LogP contribution in [0, 0.1) is 17.9 Å². The van der Waals surface area contributed by atoms with Crippen LogP contribution in [-0.2, 0) is 43.7 Å². The zero-order chi connectivity index (χ0) is 54.2. The van der Waals surface area contributed by atoms with Gasteiger partial charge in [-0.3, -0.25) is 24.2 Å². The second kappa shape index (κ2) is 31.0. The number of carbonyl (C=O) groups excluding carboxylic acids is 5. The number of fused-ring (bicyclic) bond motifs is 2. The Morgan fingerprint density at radius 1 is 0.662 bits per heavy atom. The van der Waals surface area contributed by atoms with Crippen molar-refractivity contribution in [3.8, 4) is 23.0 Å². The number of rotatable bonds is 9. The minimum atomic E-state index is -0.989. The molecule has 0 spiro atoms. The van der Waals surface area contributed by atoms with Crippen molar-refractivity contribution in [1.29, 1.82) is 0 Å². The molecule has 21 heteroatoms. The molecular weight excluding hydrogens is 1070 g/mol. The number of Topliss-reactive ketones (excluding diaryl/α,β-unsaturated/α-hetero) is 1. The molecule has 0 aromatic heterocycles. The Hall–Kier alpha value is -4.12. The Morgan fingerprint density at radius 2 is 1.10 bits per heavy atom. The largest absolute Gasteiger partial charge is 2.00 e. The van der Waals surface area contributed by atoms with Crippen molar-refractivity contribution in [3.63, 3.8) is 0 Å². The smallest absolute Gasteiger partial charge is 1.00 e. The summed E-state index contributed by atoms with van der Waals surface area (Å²) in [5.74, 6) is 2.96. The minimum absolute atomic E-state index is 0. The Balaban J connectivity index is 0.000000264. The van der Waals surface area contributed by atoms with Gasteiger partial charge in [0.05, 0.1) is 30.3 Å². The van der Waals surface area contributed by atoms with Crippen LogP contribution in [0.3, 0.4) is 0 Å². The molecule has 5 fully saturated rings. The molecule has 0 bridgehead atoms. The zero-order valence-electron chi connectivity index (χ0n) is 46.8. The van der Waals surface area contributed by atoms with Gasteiger partial charge in [0, 0.05) is 78.4 Å². The maximum atomic E-state index is 13.0. The topological polar surface area (TPSA) is 202 Å². The number of ketones is 1. The van der Waals surface area contributed by atoms with Crippen molar-refractivity contribution in [1.82, 2.24) is 19.6 Å². The molecular formula is C56H83BrMgN4O15. The fourth-order valence-electron chi connectivity index (χ4n) is 10.2. The number of piperidine rings is 4. The van der Waals surface area contributed by atoms with Gasteiger partial charge in [0.15, 0.2) is 11.5 Å². The van der Waals surface area contributed by atoms with Crippen LogP contribution in [0.25, 0.3) is 0 Å². The summed E-state index contributed by atoms with van der Waals surface area (Å²) in [6.07, 6.45) is 6.79. The standard InChI is InChI=1S/C26H38N2O7.C19H32N2O5.C7H5O2.C4H8O.BrH.Mg/c1-5-32-23(29)22(18-8-12-28(13-9-18)24(30)35-25(2,3)4)27-14-10-26(31,11-15-27)19-6-7-20-21(16-19)34-17-33-20;1-5-25-17(23)16(20-12-8-15(22)9-13-20)14-6-10-21(11-7-14)18(24)26-19(2,3)4;1-2-4-7-6(3-1)8-5-9-7;1-2-4-5-3-1;;/h6-7,16,18,22,31H,5,8-15,17H2,1-4H3;14,16H,5-13H2,1-4H3;1,3-4H,5H2;1-4H2;1H;/q;;-1;;;+2/p-1. The van der Waals surface area contributed by atoms with E-state index in [4.69, 9.17) is 42.6 Å². The van der Waals surface area contributed by atoms with Gasteiger partial charge in [-0.25, -0.2) is 9.59 Å². The maximum absolute atomic E-state index is 13.0. The monoisotopic (exact) mass is 1150 g/mol. The van der Waals surface area contributed by atoms with E-state index in [1.165, 1.54) is 12.8 Å². The maximum Gasteiger partial charge on any atom is 2.00 e. The number of amides is 2. The van der Waals surface area contributed by atoms with Crippen molar-refractivity contribution in [2.45, 2.75) is 148 Å². The number of likely N-dealkylation sites (tertiary alicyclic amines) is 4. The summed E-state index contributed by atoms with van der Waals surface area (Å²) < 4.78 is 47.6. The Bertz CT molecular complexity index is 2140. The molecule has 0 saturated carbocycles. The first-order valence-electron chi connectivity index (χ1n) is 27.0. The van der Waals surface area contributed by atoms with E-state index in [2.05, 4.69) is 15.9 Å². The van der Waals surface area contributed by atoms with E-state index < -0.39 is 22.8 Å². The molecule has 77 heavy (non-hydrogen) atoms. The van der Waals surface area contributed by atoms with Crippen LogP contribution in [0.2, 0.25) is 0 Å². The summed E-state index contributed by atoms with van der Waals surface area (Å²) in [5.41, 5.74) is -1.23. The van der Waals surface area contributed by atoms with Gasteiger partial charge in [0.25, 0.3) is 0 Å². The second-order valence-corrected chi connectivity index (χ2v) is 21.8. The van der Waals surface area contributed by atoms with Crippen LogP contribution < -0.4 is 35.9 Å². The molecule has 0 aliphatic carbocycles. The quantitative estimate of drug-likeness (QED) is 0.162. The van der Waals surface area contributed by atoms with Crippen LogP contribution in [0.4, 0.5) is 9.59 Å². The zero-order valence-corrected chi connectivity index (χ0v) is 49.8. The van der Waals surface area contributed by atoms with Crippen molar-refractivity contribution in [2.24, 2.45) is 11.8 Å². The van der Waals surface area contributed by atoms with Crippen LogP contribution in [0.5, 0.6) is 23.0 Å². The molecule has 426 valence electrons. The van der Waals surface area contributed by atoms with Gasteiger partial charge in [0.2, 0.25) is 13.6 Å². The molecule has 2 aromatic rings. The number of aliphatic hydroxyl groups is 1. The molecule has 1 N–H and O–H groups in total. The number of hydrogen-bond donors (Lipinski definition) is 1. The normalized spacial score (nSPS) is 20.1. The summed E-state index contributed by atoms with van der Waals surface area (Å²) in [4.78, 5) is 69.5. The number of hydrogen-bond acceptors (Lipinski definition) is 17. The third kappa shape index (κ3) is 19.9. The minimum Gasteiger partial charge on any atom is -1.00 e. The molecule has 19 nitrogen and oxygen atoms in total. The third-order valence-electron chi connectivity index (χ3n) is 14.1. The fourth-order valence-corrected chi connectivity index (χ4v) is 10.2. The van der Waals surface area contributed by atoms with E-state index in [0.717, 1.165) is 43.1 Å². The first-order valence-corrected chi connectivity index (χ1v) is 27.0. The van der Waals surface area contributed by atoms with Gasteiger partial charge in [-0.2, -0.15) is 12.1 Å². The van der Waals surface area contributed by atoms with E-state index in [0.29, 0.717) is 122 Å². The number of carbonyl (C=O) groups is 5. The number of ether oxygens (including phenoxy) is 9. The molecule has 2 atom stereocenters. The Labute approximate surface area is 482 Å². The molecule has 0 radical (unpaired) electrons. The van der Waals surface area contributed by atoms with Gasteiger partial charge >= 0.3 is 47.2 Å². The van der Waals surface area contributed by atoms with E-state index in [1.807, 2.05) is 72.7 Å². The fraction of sp³-hybridized carbons (Fsp3) is 0.696.